The van der Waals surface area contributed by atoms with E-state index in [1.165, 1.54) is 5.56 Å². The summed E-state index contributed by atoms with van der Waals surface area (Å²) in [5.74, 6) is 0.974. The molecule has 0 radical (unpaired) electrons. The van der Waals surface area contributed by atoms with Crippen molar-refractivity contribution in [2.75, 3.05) is 23.8 Å². The molecule has 2 aliphatic heterocycles. The largest absolute Gasteiger partial charge is 0.394 e. The van der Waals surface area contributed by atoms with E-state index in [2.05, 4.69) is 36.1 Å². The summed E-state index contributed by atoms with van der Waals surface area (Å²) in [7, 11) is 0. The van der Waals surface area contributed by atoms with E-state index in [0.717, 1.165) is 35.0 Å². The van der Waals surface area contributed by atoms with Crippen LogP contribution in [0.15, 0.2) is 47.4 Å². The molecule has 0 spiro atoms. The Kier molecular flexibility index (Phi) is 6.15. The number of fused-ring (bicyclic) bond motifs is 1. The number of rotatable bonds is 4. The molecule has 0 amide bonds. The Hall–Kier alpha value is -1.61. The highest BCUT2D eigenvalue weighted by molar-refractivity contribution is 7.99. The number of nitrogens with zero attached hydrogens (tertiary/aromatic N) is 1. The second kappa shape index (κ2) is 8.63. The molecule has 4 rings (SSSR count). The van der Waals surface area contributed by atoms with Crippen LogP contribution in [0.3, 0.4) is 0 Å². The Balaban J connectivity index is 1.67. The van der Waals surface area contributed by atoms with E-state index in [1.807, 2.05) is 18.2 Å². The van der Waals surface area contributed by atoms with E-state index >= 15 is 0 Å². The van der Waals surface area contributed by atoms with Crippen LogP contribution in [0.2, 0.25) is 0 Å². The van der Waals surface area contributed by atoms with Gasteiger partial charge in [0.05, 0.1) is 12.3 Å². The maximum absolute atomic E-state index is 10.5. The first kappa shape index (κ1) is 20.7. The lowest BCUT2D eigenvalue weighted by atomic mass is 9.91. The normalized spacial score (nSPS) is 29.6. The zero-order valence-electron chi connectivity index (χ0n) is 16.3. The molecule has 5 atom stereocenters. The number of benzene rings is 2. The molecule has 2 aliphatic rings. The molecule has 2 heterocycles. The van der Waals surface area contributed by atoms with Gasteiger partial charge in [-0.2, -0.15) is 0 Å². The second-order valence-corrected chi connectivity index (χ2v) is 8.63. The molecule has 1 fully saturated rings. The molecule has 4 N–H and O–H groups in total. The number of aliphatic hydroxyl groups excluding tert-OH is 4. The summed E-state index contributed by atoms with van der Waals surface area (Å²) < 4.78 is 5.74. The van der Waals surface area contributed by atoms with Gasteiger partial charge < -0.3 is 30.1 Å². The molecule has 2 aromatic carbocycles. The Bertz CT molecular complexity index is 844. The van der Waals surface area contributed by atoms with Gasteiger partial charge in [0.1, 0.15) is 30.5 Å². The van der Waals surface area contributed by atoms with Crippen LogP contribution in [0.4, 0.5) is 11.4 Å². The molecular weight excluding hydrogens is 390 g/mol. The molecule has 29 heavy (non-hydrogen) atoms. The van der Waals surface area contributed by atoms with Gasteiger partial charge in [-0.25, -0.2) is 0 Å². The third kappa shape index (κ3) is 3.91. The molecule has 0 bridgehead atoms. The molecule has 5 unspecified atom stereocenters. The van der Waals surface area contributed by atoms with Crippen molar-refractivity contribution in [2.24, 2.45) is 0 Å². The second-order valence-electron chi connectivity index (χ2n) is 7.50. The third-order valence-electron chi connectivity index (χ3n) is 5.72. The minimum absolute atomic E-state index is 0.432. The Morgan fingerprint density at radius 1 is 1.03 bits per heavy atom. The van der Waals surface area contributed by atoms with Crippen molar-refractivity contribution in [2.45, 2.75) is 48.8 Å². The number of ether oxygens (including phenoxy) is 1. The molecule has 1 saturated heterocycles. The SMILES string of the molecule is CCc1ccc(N2CCSc3ccc(C4OC(CO)C(O)C(O)C4O)cc32)cc1. The fourth-order valence-corrected chi connectivity index (χ4v) is 4.94. The average molecular weight is 418 g/mol. The first-order valence-electron chi connectivity index (χ1n) is 9.97. The highest BCUT2D eigenvalue weighted by Crippen LogP contribution is 2.42. The topological polar surface area (TPSA) is 93.4 Å². The predicted octanol–water partition coefficient (Wildman–Crippen LogP) is 2.01. The molecular formula is C22H27NO5S. The zero-order valence-corrected chi connectivity index (χ0v) is 17.1. The van der Waals surface area contributed by atoms with Gasteiger partial charge >= 0.3 is 0 Å². The first-order valence-corrected chi connectivity index (χ1v) is 11.0. The van der Waals surface area contributed by atoms with Crippen LogP contribution in [0, 0.1) is 0 Å². The van der Waals surface area contributed by atoms with Crippen LogP contribution < -0.4 is 4.90 Å². The minimum Gasteiger partial charge on any atom is -0.394 e. The van der Waals surface area contributed by atoms with Gasteiger partial charge in [0.25, 0.3) is 0 Å². The first-order chi connectivity index (χ1) is 14.0. The molecule has 2 aromatic rings. The van der Waals surface area contributed by atoms with Crippen LogP contribution in [0.1, 0.15) is 24.2 Å². The van der Waals surface area contributed by atoms with Crippen LogP contribution in [0.5, 0.6) is 0 Å². The average Bonchev–Trinajstić information content (AvgIpc) is 2.77. The van der Waals surface area contributed by atoms with E-state index in [9.17, 15) is 20.4 Å². The van der Waals surface area contributed by atoms with Gasteiger partial charge in [0, 0.05) is 22.9 Å². The molecule has 0 aliphatic carbocycles. The fraction of sp³-hybridized carbons (Fsp3) is 0.455. The van der Waals surface area contributed by atoms with Crippen molar-refractivity contribution in [3.8, 4) is 0 Å². The lowest BCUT2D eigenvalue weighted by Crippen LogP contribution is -2.55. The third-order valence-corrected chi connectivity index (χ3v) is 6.77. The number of hydrogen-bond donors (Lipinski definition) is 4. The standard InChI is InChI=1S/C22H27NO5S/c1-2-13-3-6-15(7-4-13)23-9-10-29-18-8-5-14(11-16(18)23)22-21(27)20(26)19(25)17(12-24)28-22/h3-8,11,17,19-22,24-27H,2,9-10,12H2,1H3. The van der Waals surface area contributed by atoms with Crippen LogP contribution in [0.25, 0.3) is 0 Å². The number of aryl methyl sites for hydroxylation is 1. The summed E-state index contributed by atoms with van der Waals surface area (Å²) in [6.45, 7) is 2.56. The molecule has 0 saturated carbocycles. The molecule has 156 valence electrons. The molecule has 0 aromatic heterocycles. The van der Waals surface area contributed by atoms with E-state index < -0.39 is 37.1 Å². The number of hydrogen-bond acceptors (Lipinski definition) is 7. The smallest absolute Gasteiger partial charge is 0.113 e. The van der Waals surface area contributed by atoms with Gasteiger partial charge in [0.15, 0.2) is 0 Å². The van der Waals surface area contributed by atoms with E-state index in [-0.39, 0.29) is 0 Å². The van der Waals surface area contributed by atoms with Crippen molar-refractivity contribution < 1.29 is 25.2 Å². The Morgan fingerprint density at radius 3 is 2.48 bits per heavy atom. The maximum Gasteiger partial charge on any atom is 0.113 e. The van der Waals surface area contributed by atoms with E-state index in [0.29, 0.717) is 5.56 Å². The predicted molar refractivity (Wildman–Crippen MR) is 113 cm³/mol. The van der Waals surface area contributed by atoms with Gasteiger partial charge in [0.2, 0.25) is 0 Å². The monoisotopic (exact) mass is 417 g/mol. The van der Waals surface area contributed by atoms with Crippen LogP contribution >= 0.6 is 11.8 Å². The van der Waals surface area contributed by atoms with Gasteiger partial charge in [-0.05, 0) is 41.8 Å². The lowest BCUT2D eigenvalue weighted by Gasteiger charge is -2.40. The summed E-state index contributed by atoms with van der Waals surface area (Å²) in [6.07, 6.45) is -4.76. The summed E-state index contributed by atoms with van der Waals surface area (Å²) in [5, 5.41) is 40.1. The Morgan fingerprint density at radius 2 is 1.79 bits per heavy atom. The Labute approximate surface area is 174 Å². The number of thioether (sulfide) groups is 1. The summed E-state index contributed by atoms with van der Waals surface area (Å²) in [4.78, 5) is 3.39. The zero-order chi connectivity index (χ0) is 20.5. The van der Waals surface area contributed by atoms with Crippen LogP contribution in [-0.4, -0.2) is 63.7 Å². The van der Waals surface area contributed by atoms with Crippen molar-refractivity contribution in [1.29, 1.82) is 0 Å². The molecule has 6 nitrogen and oxygen atoms in total. The van der Waals surface area contributed by atoms with Gasteiger partial charge in [-0.1, -0.05) is 25.1 Å². The van der Waals surface area contributed by atoms with Crippen molar-refractivity contribution in [1.82, 2.24) is 0 Å². The van der Waals surface area contributed by atoms with E-state index in [4.69, 9.17) is 4.74 Å². The fourth-order valence-electron chi connectivity index (χ4n) is 3.97. The number of anilines is 2. The maximum atomic E-state index is 10.5. The quantitative estimate of drug-likeness (QED) is 0.605. The highest BCUT2D eigenvalue weighted by Gasteiger charge is 2.44. The van der Waals surface area contributed by atoms with E-state index in [1.54, 1.807) is 11.8 Å². The van der Waals surface area contributed by atoms with Crippen molar-refractivity contribution >= 4 is 23.1 Å². The minimum atomic E-state index is -1.38. The highest BCUT2D eigenvalue weighted by atomic mass is 32.2. The summed E-state index contributed by atoms with van der Waals surface area (Å²) in [5.41, 5.74) is 4.13. The van der Waals surface area contributed by atoms with Crippen LogP contribution in [-0.2, 0) is 11.2 Å². The lowest BCUT2D eigenvalue weighted by molar-refractivity contribution is -0.231. The number of aliphatic hydroxyl groups is 4. The van der Waals surface area contributed by atoms with Gasteiger partial charge in [-0.15, -0.1) is 11.8 Å². The molecule has 7 heteroatoms. The van der Waals surface area contributed by atoms with Crippen molar-refractivity contribution in [3.05, 3.63) is 53.6 Å². The van der Waals surface area contributed by atoms with Gasteiger partial charge in [-0.3, -0.25) is 0 Å². The summed E-state index contributed by atoms with van der Waals surface area (Å²) >= 11 is 1.78. The van der Waals surface area contributed by atoms with Crippen molar-refractivity contribution in [3.63, 3.8) is 0 Å². The summed E-state index contributed by atoms with van der Waals surface area (Å²) in [6, 6.07) is 14.4.